The van der Waals surface area contributed by atoms with Crippen molar-refractivity contribution in [2.75, 3.05) is 59.5 Å². The number of likely N-dealkylation sites (N-methyl/N-ethyl adjacent to an activating group) is 1. The number of cyclic esters (lactones) is 1. The molecule has 16 heteroatoms. The van der Waals surface area contributed by atoms with Crippen LogP contribution < -0.4 is 21.3 Å². The van der Waals surface area contributed by atoms with Crippen molar-refractivity contribution in [1.29, 1.82) is 0 Å². The third-order valence-electron chi connectivity index (χ3n) is 8.55. The fraction of sp³-hybridized carbons (Fsp3) is 0.552. The molecule has 45 heavy (non-hydrogen) atoms. The molecule has 0 spiro atoms. The summed E-state index contributed by atoms with van der Waals surface area (Å²) in [5.74, 6) is -0.941. The van der Waals surface area contributed by atoms with Gasteiger partial charge in [0, 0.05) is 38.9 Å². The molecule has 0 saturated carbocycles. The van der Waals surface area contributed by atoms with Crippen LogP contribution in [0.25, 0.3) is 11.0 Å². The van der Waals surface area contributed by atoms with Crippen LogP contribution in [0, 0.1) is 17.6 Å². The van der Waals surface area contributed by atoms with Crippen LogP contribution >= 0.6 is 0 Å². The fourth-order valence-corrected chi connectivity index (χ4v) is 6.29. The van der Waals surface area contributed by atoms with E-state index in [-0.39, 0.29) is 67.4 Å². The maximum absolute atomic E-state index is 15.8. The van der Waals surface area contributed by atoms with Crippen molar-refractivity contribution in [1.82, 2.24) is 40.6 Å². The van der Waals surface area contributed by atoms with Gasteiger partial charge in [-0.25, -0.2) is 23.6 Å². The number of nitrogens with zero attached hydrogens (tertiary/aromatic N) is 5. The van der Waals surface area contributed by atoms with Crippen LogP contribution in [0.2, 0.25) is 0 Å². The monoisotopic (exact) mass is 629 g/mol. The van der Waals surface area contributed by atoms with E-state index in [0.717, 1.165) is 0 Å². The summed E-state index contributed by atoms with van der Waals surface area (Å²) in [7, 11) is 1.67. The van der Waals surface area contributed by atoms with Gasteiger partial charge in [0.2, 0.25) is 5.91 Å². The Bertz CT molecular complexity index is 1580. The Balaban J connectivity index is 1.09. The zero-order chi connectivity index (χ0) is 31.7. The Kier molecular flexibility index (Phi) is 8.70. The molecule has 14 nitrogen and oxygen atoms in total. The summed E-state index contributed by atoms with van der Waals surface area (Å²) in [5, 5.41) is 11.3. The largest absolute Gasteiger partial charge is 0.448 e. The van der Waals surface area contributed by atoms with Crippen molar-refractivity contribution >= 4 is 34.8 Å². The van der Waals surface area contributed by atoms with Gasteiger partial charge in [-0.2, -0.15) is 0 Å². The van der Waals surface area contributed by atoms with E-state index in [1.54, 1.807) is 24.7 Å². The number of hydrogen-bond donors (Lipinski definition) is 4. The number of rotatable bonds is 8. The highest BCUT2D eigenvalue weighted by molar-refractivity contribution is 6.05. The summed E-state index contributed by atoms with van der Waals surface area (Å²) in [6.45, 7) is 4.45. The molecule has 1 aliphatic carbocycles. The molecule has 0 bridgehead atoms. The lowest BCUT2D eigenvalue weighted by molar-refractivity contribution is -0.132. The Hall–Kier alpha value is -4.15. The predicted octanol–water partition coefficient (Wildman–Crippen LogP) is 0.172. The number of nitrogens with one attached hydrogen (secondary N) is 4. The maximum atomic E-state index is 15.8. The van der Waals surface area contributed by atoms with Crippen molar-refractivity contribution in [3.8, 4) is 0 Å². The molecule has 2 saturated heterocycles. The summed E-state index contributed by atoms with van der Waals surface area (Å²) in [6.07, 6.45) is 3.78. The Morgan fingerprint density at radius 2 is 1.98 bits per heavy atom. The number of carbonyl (C=O) groups is 3. The molecular formula is C29H37F2N9O5. The van der Waals surface area contributed by atoms with Crippen LogP contribution in [-0.2, 0) is 38.4 Å². The maximum Gasteiger partial charge on any atom is 0.415 e. The van der Waals surface area contributed by atoms with Crippen LogP contribution in [0.1, 0.15) is 24.5 Å². The number of amidine groups is 1. The topological polar surface area (TPSA) is 154 Å². The summed E-state index contributed by atoms with van der Waals surface area (Å²) >= 11 is 0. The van der Waals surface area contributed by atoms with Gasteiger partial charge in [-0.1, -0.05) is 0 Å². The molecule has 1 aromatic carbocycles. The van der Waals surface area contributed by atoms with Crippen LogP contribution in [0.5, 0.6) is 0 Å². The first-order valence-corrected chi connectivity index (χ1v) is 15.1. The lowest BCUT2D eigenvalue weighted by Gasteiger charge is -2.38. The molecule has 4 heterocycles. The number of aromatic nitrogens is 2. The molecule has 3 aliphatic heterocycles. The van der Waals surface area contributed by atoms with Crippen LogP contribution in [0.4, 0.5) is 13.6 Å². The quantitative estimate of drug-likeness (QED) is 0.320. The average molecular weight is 630 g/mol. The number of benzene rings is 1. The number of carbonyl (C=O) groups excluding carboxylic acids is 3. The molecule has 3 amide bonds. The summed E-state index contributed by atoms with van der Waals surface area (Å²) in [4.78, 5) is 48.8. The van der Waals surface area contributed by atoms with E-state index in [0.29, 0.717) is 62.4 Å². The molecular weight excluding hydrogens is 592 g/mol. The van der Waals surface area contributed by atoms with E-state index in [1.807, 2.05) is 0 Å². The lowest BCUT2D eigenvalue weighted by Crippen LogP contribution is -2.63. The van der Waals surface area contributed by atoms with Gasteiger partial charge in [-0.15, -0.1) is 0 Å². The summed E-state index contributed by atoms with van der Waals surface area (Å²) < 4.78 is 44.1. The molecule has 2 aromatic rings. The Morgan fingerprint density at radius 3 is 2.78 bits per heavy atom. The molecule has 2 fully saturated rings. The van der Waals surface area contributed by atoms with E-state index in [1.165, 1.54) is 11.2 Å². The highest BCUT2D eigenvalue weighted by Gasteiger charge is 2.40. The SMILES string of the molecule is CNCC(=O)NCCn1cnc2c(F)c3c(c(F)c21)CC(CN1CCCN(C2=CNC4(C)OCC(=O)NC4=N2)C(=O)OCC1)C3. The smallest absolute Gasteiger partial charge is 0.415 e. The minimum atomic E-state index is -0.996. The second-order valence-electron chi connectivity index (χ2n) is 11.8. The number of fused-ring (bicyclic) bond motifs is 3. The van der Waals surface area contributed by atoms with Crippen LogP contribution in [0.15, 0.2) is 23.3 Å². The van der Waals surface area contributed by atoms with Crippen molar-refractivity contribution < 1.29 is 32.6 Å². The second kappa shape index (κ2) is 12.7. The second-order valence-corrected chi connectivity index (χ2v) is 11.8. The molecule has 6 rings (SSSR count). The van der Waals surface area contributed by atoms with Gasteiger partial charge in [-0.3, -0.25) is 19.4 Å². The predicted molar refractivity (Wildman–Crippen MR) is 158 cm³/mol. The first kappa shape index (κ1) is 30.9. The van der Waals surface area contributed by atoms with Gasteiger partial charge in [0.15, 0.2) is 29.0 Å². The van der Waals surface area contributed by atoms with E-state index < -0.39 is 23.5 Å². The number of ether oxygens (including phenoxy) is 2. The molecule has 4 aliphatic rings. The number of amides is 3. The first-order chi connectivity index (χ1) is 21.7. The van der Waals surface area contributed by atoms with Crippen molar-refractivity contribution in [2.45, 2.75) is 38.5 Å². The van der Waals surface area contributed by atoms with Gasteiger partial charge in [0.25, 0.3) is 5.91 Å². The van der Waals surface area contributed by atoms with E-state index in [4.69, 9.17) is 9.47 Å². The zero-order valence-corrected chi connectivity index (χ0v) is 25.3. The molecule has 242 valence electrons. The zero-order valence-electron chi connectivity index (χ0n) is 25.3. The third kappa shape index (κ3) is 6.21. The molecule has 0 radical (unpaired) electrons. The number of imidazole rings is 1. The summed E-state index contributed by atoms with van der Waals surface area (Å²) in [6, 6.07) is 0. The van der Waals surface area contributed by atoms with Gasteiger partial charge < -0.3 is 35.3 Å². The van der Waals surface area contributed by atoms with Crippen molar-refractivity contribution in [3.05, 3.63) is 41.1 Å². The lowest BCUT2D eigenvalue weighted by atomic mass is 10.1. The number of aliphatic imine (C=N–C) groups is 1. The number of hydrogen-bond acceptors (Lipinski definition) is 10. The normalized spacial score (nSPS) is 23.9. The first-order valence-electron chi connectivity index (χ1n) is 15.1. The Morgan fingerprint density at radius 1 is 1.18 bits per heavy atom. The number of morpholine rings is 1. The number of halogens is 2. The summed E-state index contributed by atoms with van der Waals surface area (Å²) in [5.41, 5.74) is -0.155. The minimum Gasteiger partial charge on any atom is -0.448 e. The van der Waals surface area contributed by atoms with E-state index in [9.17, 15) is 14.4 Å². The van der Waals surface area contributed by atoms with E-state index >= 15 is 8.78 Å². The molecule has 2 atom stereocenters. The van der Waals surface area contributed by atoms with Crippen LogP contribution in [0.3, 0.4) is 0 Å². The highest BCUT2D eigenvalue weighted by Crippen LogP contribution is 2.36. The molecule has 1 aromatic heterocycles. The van der Waals surface area contributed by atoms with Crippen molar-refractivity contribution in [2.24, 2.45) is 10.9 Å². The van der Waals surface area contributed by atoms with Gasteiger partial charge in [-0.05, 0) is 56.8 Å². The van der Waals surface area contributed by atoms with Gasteiger partial charge in [0.05, 0.1) is 12.9 Å². The van der Waals surface area contributed by atoms with Gasteiger partial charge in [0.1, 0.15) is 24.2 Å². The molecule has 2 unspecified atom stereocenters. The fourth-order valence-electron chi connectivity index (χ4n) is 6.29. The van der Waals surface area contributed by atoms with Gasteiger partial charge >= 0.3 is 6.09 Å². The van der Waals surface area contributed by atoms with Crippen molar-refractivity contribution in [3.63, 3.8) is 0 Å². The van der Waals surface area contributed by atoms with Crippen LogP contribution in [-0.4, -0.2) is 108 Å². The highest BCUT2D eigenvalue weighted by atomic mass is 19.1. The molecule has 4 N–H and O–H groups in total. The minimum absolute atomic E-state index is 0.00189. The standard InChI is InChI=1S/C29H37F2N9O5/c1-29-27(37-22(42)15-45-29)36-20(12-35-29)40-6-3-5-38(8-9-44-28(40)43)14-17-10-18-19(11-17)24(31)26-25(23(18)30)34-16-39(26)7-4-33-21(41)13-32-2/h12,16-17,32,35H,3-11,13-15H2,1-2H3,(H,33,41)(H,36,37,42). The van der Waals surface area contributed by atoms with E-state index in [2.05, 4.69) is 36.1 Å². The third-order valence-corrected chi connectivity index (χ3v) is 8.55. The Labute approximate surface area is 258 Å². The average Bonchev–Trinajstić information content (AvgIpc) is 3.65.